The predicted octanol–water partition coefficient (Wildman–Crippen LogP) is 5.47. The number of nitrogens with zero attached hydrogens (tertiary/aromatic N) is 4. The normalized spacial score (nSPS) is 16.3. The summed E-state index contributed by atoms with van der Waals surface area (Å²) in [5.74, 6) is -4.28. The Bertz CT molecular complexity index is 1800. The molecule has 10 nitrogen and oxygen atoms in total. The maximum atomic E-state index is 14.4. The minimum Gasteiger partial charge on any atom is -0.475 e. The smallest absolute Gasteiger partial charge is 0.282 e. The summed E-state index contributed by atoms with van der Waals surface area (Å²) in [5.41, 5.74) is -0.610. The number of alkyl halides is 3. The van der Waals surface area contributed by atoms with Crippen molar-refractivity contribution in [3.05, 3.63) is 75.2 Å². The third-order valence-corrected chi connectivity index (χ3v) is 8.15. The zero-order valence-electron chi connectivity index (χ0n) is 26.9. The molecule has 248 valence electrons. The van der Waals surface area contributed by atoms with Crippen molar-refractivity contribution in [2.75, 3.05) is 18.4 Å². The fraction of sp³-hybridized carbons (Fsp3) is 0.441. The average Bonchev–Trinajstić information content (AvgIpc) is 3.83. The lowest BCUT2D eigenvalue weighted by Gasteiger charge is -2.39. The van der Waals surface area contributed by atoms with Gasteiger partial charge in [0.2, 0.25) is 5.88 Å². The number of pyridine rings is 2. The molecule has 2 N–H and O–H groups in total. The van der Waals surface area contributed by atoms with Gasteiger partial charge in [-0.15, -0.1) is 0 Å². The van der Waals surface area contributed by atoms with E-state index >= 15 is 0 Å². The van der Waals surface area contributed by atoms with Crippen LogP contribution in [0.5, 0.6) is 5.88 Å². The third-order valence-electron chi connectivity index (χ3n) is 8.15. The maximum Gasteiger partial charge on any atom is 0.282 e. The summed E-state index contributed by atoms with van der Waals surface area (Å²) in [5, 5.41) is 15.3. The van der Waals surface area contributed by atoms with E-state index in [-0.39, 0.29) is 47.1 Å². The van der Waals surface area contributed by atoms with Crippen LogP contribution in [0.1, 0.15) is 85.3 Å². The van der Waals surface area contributed by atoms with Gasteiger partial charge in [-0.3, -0.25) is 14.4 Å². The SMILES string of the molecule is CC(C)Oc1cc(-c2ccc(C#N)cc2C(=O)N2CC(F)(F)C2)cc(NC(=O)c2cc(CN[C@@H](C)C(C)(C)F)cn(C3CC3)c2=O)n1. The maximum absolute atomic E-state index is 14.4. The molecule has 0 unspecified atom stereocenters. The van der Waals surface area contributed by atoms with Gasteiger partial charge in [0.25, 0.3) is 23.3 Å². The molecule has 0 radical (unpaired) electrons. The van der Waals surface area contributed by atoms with Gasteiger partial charge >= 0.3 is 0 Å². The molecule has 2 aliphatic rings. The molecule has 3 aromatic rings. The van der Waals surface area contributed by atoms with E-state index in [2.05, 4.69) is 15.6 Å². The first-order valence-electron chi connectivity index (χ1n) is 15.4. The highest BCUT2D eigenvalue weighted by molar-refractivity contribution is 6.05. The quantitative estimate of drug-likeness (QED) is 0.282. The summed E-state index contributed by atoms with van der Waals surface area (Å²) >= 11 is 0. The zero-order valence-corrected chi connectivity index (χ0v) is 26.9. The first kappa shape index (κ1) is 33.7. The van der Waals surface area contributed by atoms with Crippen LogP contribution in [0.25, 0.3) is 11.1 Å². The lowest BCUT2D eigenvalue weighted by Crippen LogP contribution is -2.58. The van der Waals surface area contributed by atoms with Crippen molar-refractivity contribution in [1.29, 1.82) is 5.26 Å². The topological polar surface area (TPSA) is 129 Å². The second-order valence-electron chi connectivity index (χ2n) is 13.0. The van der Waals surface area contributed by atoms with Crippen LogP contribution < -0.4 is 20.9 Å². The van der Waals surface area contributed by atoms with E-state index < -0.39 is 48.1 Å². The van der Waals surface area contributed by atoms with E-state index in [1.165, 1.54) is 48.7 Å². The van der Waals surface area contributed by atoms with Crippen LogP contribution >= 0.6 is 0 Å². The molecule has 3 heterocycles. The molecular weight excluding hydrogens is 613 g/mol. The Hall–Kier alpha value is -4.70. The van der Waals surface area contributed by atoms with Crippen LogP contribution in [-0.4, -0.2) is 63.1 Å². The number of benzene rings is 1. The lowest BCUT2D eigenvalue weighted by atomic mass is 9.96. The predicted molar refractivity (Wildman–Crippen MR) is 169 cm³/mol. The number of amides is 2. The summed E-state index contributed by atoms with van der Waals surface area (Å²) in [6.45, 7) is 6.94. The monoisotopic (exact) mass is 650 g/mol. The molecule has 5 rings (SSSR count). The number of nitriles is 1. The van der Waals surface area contributed by atoms with Gasteiger partial charge in [0.1, 0.15) is 17.1 Å². The van der Waals surface area contributed by atoms with Crippen LogP contribution in [0.3, 0.4) is 0 Å². The molecule has 2 aromatic heterocycles. The molecule has 1 aliphatic heterocycles. The second-order valence-corrected chi connectivity index (χ2v) is 13.0. The van der Waals surface area contributed by atoms with Crippen molar-refractivity contribution in [3.8, 4) is 23.1 Å². The van der Waals surface area contributed by atoms with E-state index in [1.54, 1.807) is 33.0 Å². The molecule has 13 heteroatoms. The van der Waals surface area contributed by atoms with Gasteiger partial charge in [0, 0.05) is 36.5 Å². The number of ether oxygens (including phenoxy) is 1. The Morgan fingerprint density at radius 2 is 1.83 bits per heavy atom. The highest BCUT2D eigenvalue weighted by Gasteiger charge is 2.46. The number of likely N-dealkylation sites (tertiary alicyclic amines) is 1. The molecular formula is C34H37F3N6O4. The highest BCUT2D eigenvalue weighted by atomic mass is 19.3. The second kappa shape index (κ2) is 12.8. The number of carbonyl (C=O) groups excluding carboxylic acids is 2. The van der Waals surface area contributed by atoms with Gasteiger partial charge in [-0.05, 0) is 88.4 Å². The van der Waals surface area contributed by atoms with Crippen molar-refractivity contribution in [2.24, 2.45) is 0 Å². The van der Waals surface area contributed by atoms with E-state index in [4.69, 9.17) is 4.74 Å². The standard InChI is InChI=1S/C34H37F3N6O4/c1-19(2)47-29-13-23(25-9-6-21(14-38)10-26(25)31(45)42-17-34(36,37)18-42)12-28(40-29)41-30(44)27-11-22(15-39-20(3)33(4,5)35)16-43(32(27)46)24-7-8-24/h6,9-13,16,19-20,24,39H,7-8,15,17-18H2,1-5H3,(H,40,41,44)/t20-/m0/s1. The van der Waals surface area contributed by atoms with Crippen LogP contribution in [0.4, 0.5) is 19.0 Å². The minimum absolute atomic E-state index is 0.00935. The van der Waals surface area contributed by atoms with Gasteiger partial charge in [-0.25, -0.2) is 13.2 Å². The summed E-state index contributed by atoms with van der Waals surface area (Å²) in [6, 6.07) is 10.3. The van der Waals surface area contributed by atoms with Gasteiger partial charge in [0.05, 0.1) is 30.8 Å². The van der Waals surface area contributed by atoms with E-state index in [9.17, 15) is 32.8 Å². The first-order chi connectivity index (χ1) is 22.0. The minimum atomic E-state index is -2.98. The summed E-state index contributed by atoms with van der Waals surface area (Å²) in [6.07, 6.45) is 2.96. The summed E-state index contributed by atoms with van der Waals surface area (Å²) < 4.78 is 49.0. The lowest BCUT2D eigenvalue weighted by molar-refractivity contribution is -0.113. The Kier molecular flexibility index (Phi) is 9.19. The van der Waals surface area contributed by atoms with Gasteiger partial charge in [0.15, 0.2) is 0 Å². The molecule has 47 heavy (non-hydrogen) atoms. The molecule has 2 amide bonds. The van der Waals surface area contributed by atoms with Gasteiger partial charge < -0.3 is 24.8 Å². The molecule has 0 spiro atoms. The molecule has 0 bridgehead atoms. The molecule has 1 aliphatic carbocycles. The number of hydrogen-bond donors (Lipinski definition) is 2. The zero-order chi connectivity index (χ0) is 34.3. The number of hydrogen-bond acceptors (Lipinski definition) is 7. The third kappa shape index (κ3) is 7.82. The van der Waals surface area contributed by atoms with Crippen molar-refractivity contribution >= 4 is 17.6 Å². The number of rotatable bonds is 11. The van der Waals surface area contributed by atoms with E-state index in [0.29, 0.717) is 16.7 Å². The summed E-state index contributed by atoms with van der Waals surface area (Å²) in [7, 11) is 0. The van der Waals surface area contributed by atoms with E-state index in [0.717, 1.165) is 17.7 Å². The number of carbonyl (C=O) groups is 2. The Morgan fingerprint density at radius 3 is 2.43 bits per heavy atom. The fourth-order valence-corrected chi connectivity index (χ4v) is 5.14. The Labute approximate surface area is 270 Å². The van der Waals surface area contributed by atoms with Crippen molar-refractivity contribution < 1.29 is 27.5 Å². The molecule has 1 saturated heterocycles. The van der Waals surface area contributed by atoms with Crippen molar-refractivity contribution in [3.63, 3.8) is 0 Å². The van der Waals surface area contributed by atoms with Crippen molar-refractivity contribution in [1.82, 2.24) is 19.8 Å². The highest BCUT2D eigenvalue weighted by Crippen LogP contribution is 2.35. The first-order valence-corrected chi connectivity index (χ1v) is 15.4. The number of aromatic nitrogens is 2. The number of anilines is 1. The Balaban J connectivity index is 1.50. The average molecular weight is 651 g/mol. The molecule has 2 fully saturated rings. The molecule has 1 aromatic carbocycles. The van der Waals surface area contributed by atoms with Gasteiger partial charge in [-0.1, -0.05) is 6.07 Å². The number of nitrogens with one attached hydrogen (secondary N) is 2. The van der Waals surface area contributed by atoms with Crippen LogP contribution in [-0.2, 0) is 6.54 Å². The van der Waals surface area contributed by atoms with Gasteiger partial charge in [-0.2, -0.15) is 10.2 Å². The van der Waals surface area contributed by atoms with Crippen molar-refractivity contribution in [2.45, 2.75) is 83.8 Å². The van der Waals surface area contributed by atoms with Crippen LogP contribution in [0, 0.1) is 11.3 Å². The van der Waals surface area contributed by atoms with E-state index in [1.807, 2.05) is 6.07 Å². The number of halogens is 3. The molecule has 1 saturated carbocycles. The van der Waals surface area contributed by atoms with Crippen LogP contribution in [0.15, 0.2) is 47.4 Å². The Morgan fingerprint density at radius 1 is 1.13 bits per heavy atom. The summed E-state index contributed by atoms with van der Waals surface area (Å²) in [4.78, 5) is 45.8. The largest absolute Gasteiger partial charge is 0.475 e. The fourth-order valence-electron chi connectivity index (χ4n) is 5.14. The van der Waals surface area contributed by atoms with Crippen LogP contribution in [0.2, 0.25) is 0 Å². The molecule has 1 atom stereocenters.